The van der Waals surface area contributed by atoms with Gasteiger partial charge in [-0.1, -0.05) is 0 Å². The molecule has 1 N–H and O–H groups in total. The predicted octanol–water partition coefficient (Wildman–Crippen LogP) is 2.55. The van der Waals surface area contributed by atoms with E-state index in [4.69, 9.17) is 0 Å². The highest BCUT2D eigenvalue weighted by Gasteiger charge is 2.34. The molecular formula is C9H4F3IN2O. The molecule has 0 unspecified atom stereocenters. The topological polar surface area (TPSA) is 45.8 Å². The number of benzene rings is 1. The summed E-state index contributed by atoms with van der Waals surface area (Å²) in [5.41, 5.74) is -2.02. The van der Waals surface area contributed by atoms with Gasteiger partial charge in [0.25, 0.3) is 0 Å². The van der Waals surface area contributed by atoms with Crippen LogP contribution in [0, 0.1) is 3.57 Å². The second-order valence-electron chi connectivity index (χ2n) is 3.08. The maximum Gasteiger partial charge on any atom is 0.432 e. The zero-order valence-corrected chi connectivity index (χ0v) is 9.76. The van der Waals surface area contributed by atoms with Gasteiger partial charge >= 0.3 is 11.9 Å². The first-order valence-corrected chi connectivity index (χ1v) is 5.22. The van der Waals surface area contributed by atoms with Gasteiger partial charge in [0.05, 0.1) is 5.52 Å². The van der Waals surface area contributed by atoms with Crippen LogP contribution in [-0.4, -0.2) is 9.97 Å². The fourth-order valence-electron chi connectivity index (χ4n) is 1.34. The Bertz CT molecular complexity index is 606. The number of nitrogens with zero attached hydrogens (tertiary/aromatic N) is 1. The number of alkyl halides is 3. The molecule has 2 rings (SSSR count). The summed E-state index contributed by atoms with van der Waals surface area (Å²) in [6.45, 7) is 0. The Morgan fingerprint density at radius 1 is 1.31 bits per heavy atom. The number of hydrogen-bond acceptors (Lipinski definition) is 2. The van der Waals surface area contributed by atoms with Gasteiger partial charge in [0, 0.05) is 8.96 Å². The Balaban J connectivity index is 2.91. The standard InChI is InChI=1S/C9H4F3IN2O/c10-9(11,12)7-5-3-4(13)1-2-6(5)14-8(16)15-7/h1-3H,(H,14,15,16). The Labute approximate surface area is 101 Å². The summed E-state index contributed by atoms with van der Waals surface area (Å²) >= 11 is 1.89. The Hall–Kier alpha value is -1.12. The number of rotatable bonds is 0. The third-order valence-electron chi connectivity index (χ3n) is 1.97. The lowest BCUT2D eigenvalue weighted by Crippen LogP contribution is -2.19. The van der Waals surface area contributed by atoms with Crippen molar-refractivity contribution in [3.63, 3.8) is 0 Å². The van der Waals surface area contributed by atoms with E-state index in [1.807, 2.05) is 22.6 Å². The van der Waals surface area contributed by atoms with Crippen LogP contribution in [0.5, 0.6) is 0 Å². The molecule has 0 saturated carbocycles. The SMILES string of the molecule is O=c1nc2ccc(I)cc2c(C(F)(F)F)[nH]1. The van der Waals surface area contributed by atoms with Gasteiger partial charge in [-0.2, -0.15) is 18.2 Å². The van der Waals surface area contributed by atoms with Gasteiger partial charge < -0.3 is 4.98 Å². The molecule has 16 heavy (non-hydrogen) atoms. The molecule has 0 radical (unpaired) electrons. The second-order valence-corrected chi connectivity index (χ2v) is 4.32. The molecule has 3 nitrogen and oxygen atoms in total. The normalized spacial score (nSPS) is 12.0. The van der Waals surface area contributed by atoms with Crippen LogP contribution in [0.15, 0.2) is 23.0 Å². The lowest BCUT2D eigenvalue weighted by atomic mass is 10.2. The average molecular weight is 340 g/mol. The number of halogens is 4. The van der Waals surface area contributed by atoms with E-state index in [0.29, 0.717) is 3.57 Å². The van der Waals surface area contributed by atoms with E-state index in [9.17, 15) is 18.0 Å². The summed E-state index contributed by atoms with van der Waals surface area (Å²) in [5.74, 6) is 0. The van der Waals surface area contributed by atoms with Crippen LogP contribution in [0.25, 0.3) is 10.9 Å². The Morgan fingerprint density at radius 2 is 2.00 bits per heavy atom. The molecule has 0 aliphatic heterocycles. The summed E-state index contributed by atoms with van der Waals surface area (Å²) < 4.78 is 38.5. The van der Waals surface area contributed by atoms with Gasteiger partial charge in [-0.3, -0.25) is 0 Å². The van der Waals surface area contributed by atoms with Gasteiger partial charge in [0.1, 0.15) is 5.69 Å². The van der Waals surface area contributed by atoms with Crippen molar-refractivity contribution in [2.45, 2.75) is 6.18 Å². The fourth-order valence-corrected chi connectivity index (χ4v) is 1.83. The van der Waals surface area contributed by atoms with Crippen molar-refractivity contribution in [3.8, 4) is 0 Å². The molecule has 0 aliphatic rings. The number of aromatic nitrogens is 2. The number of hydrogen-bond donors (Lipinski definition) is 1. The molecule has 7 heteroatoms. The molecule has 2 aromatic rings. The molecule has 0 aliphatic carbocycles. The van der Waals surface area contributed by atoms with Crippen molar-refractivity contribution >= 4 is 33.5 Å². The monoisotopic (exact) mass is 340 g/mol. The molecule has 0 saturated heterocycles. The van der Waals surface area contributed by atoms with E-state index in [1.54, 1.807) is 11.1 Å². The molecular weight excluding hydrogens is 336 g/mol. The van der Waals surface area contributed by atoms with Gasteiger partial charge in [-0.15, -0.1) is 0 Å². The first kappa shape index (κ1) is 11.4. The van der Waals surface area contributed by atoms with Gasteiger partial charge in [0.15, 0.2) is 0 Å². The van der Waals surface area contributed by atoms with E-state index in [1.165, 1.54) is 12.1 Å². The van der Waals surface area contributed by atoms with Crippen molar-refractivity contribution in [1.29, 1.82) is 0 Å². The largest absolute Gasteiger partial charge is 0.432 e. The Kier molecular flexibility index (Phi) is 2.64. The van der Waals surface area contributed by atoms with Crippen molar-refractivity contribution in [2.75, 3.05) is 0 Å². The van der Waals surface area contributed by atoms with Crippen LogP contribution < -0.4 is 5.69 Å². The highest BCUT2D eigenvalue weighted by molar-refractivity contribution is 14.1. The molecule has 84 valence electrons. The average Bonchev–Trinajstić information content (AvgIpc) is 2.16. The molecule has 1 aromatic heterocycles. The van der Waals surface area contributed by atoms with Crippen molar-refractivity contribution < 1.29 is 13.2 Å². The van der Waals surface area contributed by atoms with E-state index in [2.05, 4.69) is 4.98 Å². The smallest absolute Gasteiger partial charge is 0.301 e. The number of aromatic amines is 1. The third kappa shape index (κ3) is 2.04. The molecule has 0 bridgehead atoms. The molecule has 0 amide bonds. The maximum absolute atomic E-state index is 12.6. The fraction of sp³-hybridized carbons (Fsp3) is 0.111. The quantitative estimate of drug-likeness (QED) is 0.750. The van der Waals surface area contributed by atoms with Crippen molar-refractivity contribution in [3.05, 3.63) is 37.9 Å². The zero-order chi connectivity index (χ0) is 11.9. The van der Waals surface area contributed by atoms with Crippen LogP contribution in [0.1, 0.15) is 5.69 Å². The van der Waals surface area contributed by atoms with Crippen LogP contribution in [0.3, 0.4) is 0 Å². The molecule has 1 aromatic carbocycles. The number of nitrogens with one attached hydrogen (secondary N) is 1. The molecule has 1 heterocycles. The lowest BCUT2D eigenvalue weighted by Gasteiger charge is -2.09. The molecule has 0 atom stereocenters. The molecule has 0 spiro atoms. The third-order valence-corrected chi connectivity index (χ3v) is 2.64. The summed E-state index contributed by atoms with van der Waals surface area (Å²) in [6.07, 6.45) is -4.59. The minimum absolute atomic E-state index is 0.0384. The minimum atomic E-state index is -4.59. The highest BCUT2D eigenvalue weighted by atomic mass is 127. The summed E-state index contributed by atoms with van der Waals surface area (Å²) in [7, 11) is 0. The van der Waals surface area contributed by atoms with Crippen molar-refractivity contribution in [2.24, 2.45) is 0 Å². The summed E-state index contributed by atoms with van der Waals surface area (Å²) in [6, 6.07) is 4.32. The minimum Gasteiger partial charge on any atom is -0.301 e. The van der Waals surface area contributed by atoms with Crippen LogP contribution in [-0.2, 0) is 6.18 Å². The van der Waals surface area contributed by atoms with Gasteiger partial charge in [-0.25, -0.2) is 4.79 Å². The van der Waals surface area contributed by atoms with Crippen LogP contribution >= 0.6 is 22.6 Å². The maximum atomic E-state index is 12.6. The predicted molar refractivity (Wildman–Crippen MR) is 60.1 cm³/mol. The van der Waals surface area contributed by atoms with E-state index in [-0.39, 0.29) is 10.9 Å². The summed E-state index contributed by atoms with van der Waals surface area (Å²) in [4.78, 5) is 16.2. The Morgan fingerprint density at radius 3 is 2.62 bits per heavy atom. The van der Waals surface area contributed by atoms with Crippen molar-refractivity contribution in [1.82, 2.24) is 9.97 Å². The molecule has 0 fully saturated rings. The van der Waals surface area contributed by atoms with E-state index < -0.39 is 17.6 Å². The lowest BCUT2D eigenvalue weighted by molar-refractivity contribution is -0.140. The summed E-state index contributed by atoms with van der Waals surface area (Å²) in [5, 5.41) is -0.0981. The van der Waals surface area contributed by atoms with Crippen LogP contribution in [0.2, 0.25) is 0 Å². The first-order valence-electron chi connectivity index (χ1n) is 4.15. The van der Waals surface area contributed by atoms with E-state index >= 15 is 0 Å². The zero-order valence-electron chi connectivity index (χ0n) is 7.60. The number of fused-ring (bicyclic) bond motifs is 1. The second kappa shape index (κ2) is 3.72. The number of H-pyrrole nitrogens is 1. The van der Waals surface area contributed by atoms with Gasteiger partial charge in [-0.05, 0) is 40.8 Å². The highest BCUT2D eigenvalue weighted by Crippen LogP contribution is 2.32. The van der Waals surface area contributed by atoms with Gasteiger partial charge in [0.2, 0.25) is 0 Å². The first-order chi connectivity index (χ1) is 7.38. The van der Waals surface area contributed by atoms with E-state index in [0.717, 1.165) is 0 Å². The van der Waals surface area contributed by atoms with Crippen LogP contribution in [0.4, 0.5) is 13.2 Å².